The number of para-hydroxylation sites is 3. The Morgan fingerprint density at radius 2 is 0.887 bits per heavy atom. The van der Waals surface area contributed by atoms with Gasteiger partial charge in [0.2, 0.25) is 0 Å². The second-order valence-electron chi connectivity index (χ2n) is 21.0. The van der Waals surface area contributed by atoms with Crippen LogP contribution in [0.25, 0.3) is 89.2 Å². The highest BCUT2D eigenvalue weighted by Gasteiger charge is 2.36. The fraction of sp³-hybridized carbons (Fsp3) is 0.0676. The topological polar surface area (TPSA) is 57.8 Å². The van der Waals surface area contributed by atoms with E-state index in [9.17, 15) is 0 Å². The summed E-state index contributed by atoms with van der Waals surface area (Å²) in [5.74, 6) is 3.53. The Balaban J connectivity index is 0.985. The van der Waals surface area contributed by atoms with Crippen LogP contribution in [-0.2, 0) is 5.41 Å². The molecule has 3 aromatic heterocycles. The summed E-state index contributed by atoms with van der Waals surface area (Å²) in [4.78, 5) is 15.3. The van der Waals surface area contributed by atoms with Crippen molar-refractivity contribution in [2.75, 3.05) is 0 Å². The van der Waals surface area contributed by atoms with Gasteiger partial charge in [-0.3, -0.25) is 0 Å². The van der Waals surface area contributed by atoms with Crippen LogP contribution in [0, 0.1) is 6.92 Å². The van der Waals surface area contributed by atoms with E-state index in [0.717, 1.165) is 67.2 Å². The van der Waals surface area contributed by atoms with Crippen LogP contribution in [0.5, 0.6) is 11.5 Å². The second-order valence-corrected chi connectivity index (χ2v) is 21.0. The molecule has 2 atom stereocenters. The van der Waals surface area contributed by atoms with Crippen LogP contribution in [0.3, 0.4) is 0 Å². The highest BCUT2D eigenvalue weighted by molar-refractivity contribution is 6.11. The maximum absolute atomic E-state index is 6.41. The summed E-state index contributed by atoms with van der Waals surface area (Å²) in [5.41, 5.74) is 15.9. The number of aryl methyl sites for hydroxylation is 1. The molecule has 0 bridgehead atoms. The smallest absolute Gasteiger partial charge is 0.164 e. The molecule has 382 valence electrons. The Morgan fingerprint density at radius 3 is 1.51 bits per heavy atom. The molecule has 0 aliphatic rings. The summed E-state index contributed by atoms with van der Waals surface area (Å²) in [6.07, 6.45) is 0. The molecule has 0 aliphatic carbocycles. The predicted octanol–water partition coefficient (Wildman–Crippen LogP) is 18.7. The van der Waals surface area contributed by atoms with Crippen LogP contribution in [0.15, 0.2) is 273 Å². The highest BCUT2D eigenvalue weighted by atomic mass is 16.5. The molecule has 6 nitrogen and oxygen atoms in total. The first-order valence-electron chi connectivity index (χ1n) is 27.4. The Bertz CT molecular complexity index is 4530. The van der Waals surface area contributed by atoms with Crippen molar-refractivity contribution in [3.63, 3.8) is 0 Å². The minimum atomic E-state index is -0.638. The van der Waals surface area contributed by atoms with Gasteiger partial charge in [0.15, 0.2) is 17.5 Å². The van der Waals surface area contributed by atoms with Crippen molar-refractivity contribution < 1.29 is 4.74 Å². The molecule has 14 aromatic rings. The number of ether oxygens (including phenoxy) is 1. The number of rotatable bonds is 12. The molecule has 0 saturated carbocycles. The van der Waals surface area contributed by atoms with Crippen molar-refractivity contribution in [3.05, 3.63) is 306 Å². The Morgan fingerprint density at radius 1 is 0.388 bits per heavy atom. The maximum atomic E-state index is 6.41. The summed E-state index contributed by atoms with van der Waals surface area (Å²) < 4.78 is 11.3. The number of nitrogens with zero attached hydrogens (tertiary/aromatic N) is 5. The van der Waals surface area contributed by atoms with E-state index in [2.05, 4.69) is 236 Å². The van der Waals surface area contributed by atoms with E-state index >= 15 is 0 Å². The molecule has 0 spiro atoms. The molecule has 0 N–H and O–H groups in total. The standard InChI is InChI=1S/C74H55N5O/c1-49-44-58(41-43-70(49)80-59-34-17-8-18-35-59)79-66-38-21-19-36-60(66)62-42-40-56(46-68(62)79)74(3,55-31-15-7-16-32-55)65-47-64-61-37-20-22-39-67(61)78(69(64)48-63(65)50(2)51-24-9-4-10-25-51)57-33-23-30-54(45-57)73-76-71(52-26-11-5-12-27-52)75-72(77-73)53-28-13-6-14-29-53/h4-48,50H,1-3H3. The summed E-state index contributed by atoms with van der Waals surface area (Å²) >= 11 is 0. The monoisotopic (exact) mass is 1030 g/mol. The summed E-state index contributed by atoms with van der Waals surface area (Å²) in [7, 11) is 0. The van der Waals surface area contributed by atoms with Gasteiger partial charge in [-0.25, -0.2) is 15.0 Å². The first kappa shape index (κ1) is 48.2. The summed E-state index contributed by atoms with van der Waals surface area (Å²) in [5, 5.41) is 4.75. The quantitative estimate of drug-likeness (QED) is 0.114. The van der Waals surface area contributed by atoms with Gasteiger partial charge < -0.3 is 13.9 Å². The van der Waals surface area contributed by atoms with Crippen LogP contribution >= 0.6 is 0 Å². The molecule has 11 aromatic carbocycles. The van der Waals surface area contributed by atoms with Crippen molar-refractivity contribution in [2.45, 2.75) is 32.1 Å². The fourth-order valence-electron chi connectivity index (χ4n) is 12.1. The van der Waals surface area contributed by atoms with Gasteiger partial charge in [-0.2, -0.15) is 0 Å². The molecule has 80 heavy (non-hydrogen) atoms. The van der Waals surface area contributed by atoms with Gasteiger partial charge in [0.1, 0.15) is 11.5 Å². The molecule has 0 radical (unpaired) electrons. The summed E-state index contributed by atoms with van der Waals surface area (Å²) in [6.45, 7) is 6.93. The Kier molecular flexibility index (Phi) is 12.1. The first-order chi connectivity index (χ1) is 39.4. The van der Waals surface area contributed by atoms with Crippen molar-refractivity contribution >= 4 is 43.6 Å². The zero-order chi connectivity index (χ0) is 53.7. The SMILES string of the molecule is Cc1cc(-n2c3ccccc3c3ccc(C(C)(c4ccccc4)c4cc5c6ccccc6n(-c6cccc(-c7nc(-c8ccccc8)nc(-c8ccccc8)n7)c6)c5cc4C(C)c4ccccc4)cc32)ccc1Oc1ccccc1. The van der Waals surface area contributed by atoms with Crippen molar-refractivity contribution in [3.8, 4) is 57.0 Å². The third kappa shape index (κ3) is 8.41. The van der Waals surface area contributed by atoms with Crippen LogP contribution in [0.1, 0.15) is 53.1 Å². The molecule has 0 saturated heterocycles. The van der Waals surface area contributed by atoms with E-state index in [1.807, 2.05) is 66.7 Å². The lowest BCUT2D eigenvalue weighted by molar-refractivity contribution is 0.479. The molecule has 0 fully saturated rings. The van der Waals surface area contributed by atoms with Crippen LogP contribution in [0.4, 0.5) is 0 Å². The minimum Gasteiger partial charge on any atom is -0.457 e. The average molecular weight is 1030 g/mol. The molecular weight excluding hydrogens is 975 g/mol. The molecule has 0 amide bonds. The lowest BCUT2D eigenvalue weighted by Crippen LogP contribution is -2.27. The van der Waals surface area contributed by atoms with Gasteiger partial charge in [0, 0.05) is 60.9 Å². The number of hydrogen-bond acceptors (Lipinski definition) is 4. The highest BCUT2D eigenvalue weighted by Crippen LogP contribution is 2.48. The van der Waals surface area contributed by atoms with Crippen LogP contribution in [-0.4, -0.2) is 24.1 Å². The third-order valence-electron chi connectivity index (χ3n) is 16.2. The summed E-state index contributed by atoms with van der Waals surface area (Å²) in [6, 6.07) is 97.3. The van der Waals surface area contributed by atoms with Crippen molar-refractivity contribution in [2.24, 2.45) is 0 Å². The van der Waals surface area contributed by atoms with Gasteiger partial charge in [-0.05, 0) is 120 Å². The van der Waals surface area contributed by atoms with Gasteiger partial charge in [-0.1, -0.05) is 207 Å². The van der Waals surface area contributed by atoms with E-state index in [-0.39, 0.29) is 5.92 Å². The van der Waals surface area contributed by atoms with E-state index in [4.69, 9.17) is 19.7 Å². The molecule has 6 heteroatoms. The van der Waals surface area contributed by atoms with Gasteiger partial charge in [0.25, 0.3) is 0 Å². The normalized spacial score (nSPS) is 12.7. The maximum Gasteiger partial charge on any atom is 0.164 e. The van der Waals surface area contributed by atoms with E-state index in [0.29, 0.717) is 17.5 Å². The third-order valence-corrected chi connectivity index (χ3v) is 16.2. The fourth-order valence-corrected chi connectivity index (χ4v) is 12.1. The molecule has 0 aliphatic heterocycles. The molecule has 14 rings (SSSR count). The van der Waals surface area contributed by atoms with E-state index in [1.54, 1.807) is 0 Å². The molecular formula is C74H55N5O. The zero-order valence-corrected chi connectivity index (χ0v) is 44.7. The molecule has 3 heterocycles. The Hall–Kier alpha value is -10.2. The van der Waals surface area contributed by atoms with E-state index in [1.165, 1.54) is 49.4 Å². The van der Waals surface area contributed by atoms with Gasteiger partial charge in [0.05, 0.1) is 22.1 Å². The average Bonchev–Trinajstić information content (AvgIpc) is 4.16. The zero-order valence-electron chi connectivity index (χ0n) is 44.7. The predicted molar refractivity (Wildman–Crippen MR) is 328 cm³/mol. The first-order valence-corrected chi connectivity index (χ1v) is 27.4. The van der Waals surface area contributed by atoms with Gasteiger partial charge in [-0.15, -0.1) is 0 Å². The Labute approximate surface area is 465 Å². The van der Waals surface area contributed by atoms with Crippen LogP contribution in [0.2, 0.25) is 0 Å². The number of aromatic nitrogens is 5. The number of benzene rings is 11. The van der Waals surface area contributed by atoms with Crippen molar-refractivity contribution in [1.82, 2.24) is 24.1 Å². The minimum absolute atomic E-state index is 0.0178. The van der Waals surface area contributed by atoms with Crippen molar-refractivity contribution in [1.29, 1.82) is 0 Å². The lowest BCUT2D eigenvalue weighted by Gasteiger charge is -2.35. The van der Waals surface area contributed by atoms with Gasteiger partial charge >= 0.3 is 0 Å². The van der Waals surface area contributed by atoms with E-state index < -0.39 is 5.41 Å². The molecule has 2 unspecified atom stereocenters. The largest absolute Gasteiger partial charge is 0.457 e. The second kappa shape index (κ2) is 20.0. The van der Waals surface area contributed by atoms with Crippen LogP contribution < -0.4 is 4.74 Å². The number of fused-ring (bicyclic) bond motifs is 6. The number of hydrogen-bond donors (Lipinski definition) is 0. The lowest BCUT2D eigenvalue weighted by atomic mass is 9.67.